The number of nitrogen functional groups attached to an aromatic ring is 1. The van der Waals surface area contributed by atoms with Gasteiger partial charge in [0.25, 0.3) is 5.95 Å². The normalized spacial score (nSPS) is 18.0. The van der Waals surface area contributed by atoms with Crippen LogP contribution in [-0.4, -0.2) is 19.7 Å². The molecule has 1 atom stereocenters. The minimum atomic E-state index is -4.64. The molecule has 0 bridgehead atoms. The van der Waals surface area contributed by atoms with E-state index in [1.165, 1.54) is 12.4 Å². The van der Waals surface area contributed by atoms with Gasteiger partial charge in [-0.05, 0) is 49.8 Å². The average molecular weight is 363 g/mol. The first-order valence-corrected chi connectivity index (χ1v) is 8.32. The lowest BCUT2D eigenvalue weighted by molar-refractivity contribution is -0.141. The third-order valence-electron chi connectivity index (χ3n) is 4.43. The van der Waals surface area contributed by atoms with Gasteiger partial charge in [0.05, 0.1) is 5.56 Å². The zero-order valence-electron chi connectivity index (χ0n) is 14.8. The van der Waals surface area contributed by atoms with E-state index >= 15 is 0 Å². The first kappa shape index (κ1) is 18.2. The molecule has 0 saturated heterocycles. The van der Waals surface area contributed by atoms with E-state index in [0.29, 0.717) is 12.0 Å². The average Bonchev–Trinajstić information content (AvgIpc) is 2.92. The Hall–Kier alpha value is -2.64. The Labute approximate surface area is 149 Å². The fourth-order valence-corrected chi connectivity index (χ4v) is 3.18. The monoisotopic (exact) mass is 363 g/mol. The molecule has 0 aromatic carbocycles. The lowest BCUT2D eigenvalue weighted by atomic mass is 9.82. The standard InChI is InChI=1S/C18H20F3N5/c1-10(2)12-6-5-11(3)9-13(12)14-15(18(19,20)21)25-26(16(14)22)17-23-7-4-8-24-17/h4,7-9,11H,5-6,22H2,1-3H3/t11-/m1/s1. The molecule has 2 aromatic heterocycles. The topological polar surface area (TPSA) is 69.6 Å². The molecule has 8 heteroatoms. The van der Waals surface area contributed by atoms with Gasteiger partial charge >= 0.3 is 6.18 Å². The predicted molar refractivity (Wildman–Crippen MR) is 93.3 cm³/mol. The third-order valence-corrected chi connectivity index (χ3v) is 4.43. The van der Waals surface area contributed by atoms with Crippen LogP contribution in [0.2, 0.25) is 0 Å². The van der Waals surface area contributed by atoms with E-state index in [0.717, 1.165) is 22.2 Å². The molecule has 0 fully saturated rings. The van der Waals surface area contributed by atoms with Crippen LogP contribution in [0, 0.1) is 5.92 Å². The van der Waals surface area contributed by atoms with Crippen LogP contribution < -0.4 is 5.73 Å². The van der Waals surface area contributed by atoms with Gasteiger partial charge in [0.15, 0.2) is 5.69 Å². The summed E-state index contributed by atoms with van der Waals surface area (Å²) >= 11 is 0. The Morgan fingerprint density at radius 1 is 1.23 bits per heavy atom. The number of aromatic nitrogens is 4. The molecule has 3 rings (SSSR count). The molecule has 2 aromatic rings. The molecule has 0 amide bonds. The highest BCUT2D eigenvalue weighted by molar-refractivity contribution is 5.87. The summed E-state index contributed by atoms with van der Waals surface area (Å²) in [5, 5.41) is 3.72. The molecule has 2 N–H and O–H groups in total. The first-order valence-electron chi connectivity index (χ1n) is 8.32. The van der Waals surface area contributed by atoms with Crippen molar-refractivity contribution in [2.45, 2.75) is 39.8 Å². The highest BCUT2D eigenvalue weighted by Gasteiger charge is 2.41. The quantitative estimate of drug-likeness (QED) is 0.858. The second-order valence-electron chi connectivity index (χ2n) is 6.64. The van der Waals surface area contributed by atoms with Crippen LogP contribution in [0.25, 0.3) is 11.5 Å². The Bertz CT molecular complexity index is 874. The van der Waals surface area contributed by atoms with Gasteiger partial charge < -0.3 is 5.73 Å². The van der Waals surface area contributed by atoms with E-state index in [9.17, 15) is 13.2 Å². The molecule has 26 heavy (non-hydrogen) atoms. The minimum Gasteiger partial charge on any atom is -0.383 e. The van der Waals surface area contributed by atoms with Crippen LogP contribution in [0.5, 0.6) is 0 Å². The number of nitrogens with two attached hydrogens (primary N) is 1. The molecule has 0 saturated carbocycles. The van der Waals surface area contributed by atoms with Crippen molar-refractivity contribution in [3.63, 3.8) is 0 Å². The molecule has 1 aliphatic rings. The number of allylic oxidation sites excluding steroid dienone is 4. The van der Waals surface area contributed by atoms with E-state index in [-0.39, 0.29) is 23.2 Å². The molecule has 2 heterocycles. The van der Waals surface area contributed by atoms with E-state index in [4.69, 9.17) is 5.73 Å². The van der Waals surface area contributed by atoms with Crippen molar-refractivity contribution in [1.29, 1.82) is 0 Å². The molecule has 138 valence electrons. The van der Waals surface area contributed by atoms with Gasteiger partial charge in [-0.2, -0.15) is 23.0 Å². The SMILES string of the molecule is CC(C)=C1CC[C@@H](C)C=C1c1c(C(F)(F)F)nn(-c2ncccn2)c1N. The fraction of sp³-hybridized carbons (Fsp3) is 0.389. The van der Waals surface area contributed by atoms with Crippen molar-refractivity contribution in [2.24, 2.45) is 5.92 Å². The highest BCUT2D eigenvalue weighted by Crippen LogP contribution is 2.44. The molecular formula is C18H20F3N5. The summed E-state index contributed by atoms with van der Waals surface area (Å²) in [7, 11) is 0. The summed E-state index contributed by atoms with van der Waals surface area (Å²) in [6.07, 6.45) is 1.67. The molecule has 0 unspecified atom stereocenters. The molecule has 1 aliphatic carbocycles. The number of halogens is 3. The summed E-state index contributed by atoms with van der Waals surface area (Å²) < 4.78 is 42.1. The van der Waals surface area contributed by atoms with Gasteiger partial charge in [-0.15, -0.1) is 0 Å². The largest absolute Gasteiger partial charge is 0.435 e. The van der Waals surface area contributed by atoms with Gasteiger partial charge in [0, 0.05) is 12.4 Å². The van der Waals surface area contributed by atoms with Crippen molar-refractivity contribution in [3.8, 4) is 5.95 Å². The summed E-state index contributed by atoms with van der Waals surface area (Å²) in [6, 6.07) is 1.57. The van der Waals surface area contributed by atoms with Gasteiger partial charge in [-0.3, -0.25) is 0 Å². The van der Waals surface area contributed by atoms with Gasteiger partial charge in [0.1, 0.15) is 5.82 Å². The van der Waals surface area contributed by atoms with Crippen molar-refractivity contribution in [2.75, 3.05) is 5.73 Å². The molecular weight excluding hydrogens is 343 g/mol. The molecule has 0 radical (unpaired) electrons. The maximum atomic E-state index is 13.7. The Morgan fingerprint density at radius 3 is 2.46 bits per heavy atom. The number of anilines is 1. The second-order valence-corrected chi connectivity index (χ2v) is 6.64. The summed E-state index contributed by atoms with van der Waals surface area (Å²) in [4.78, 5) is 7.94. The molecule has 0 spiro atoms. The van der Waals surface area contributed by atoms with E-state index in [2.05, 4.69) is 15.1 Å². The molecule has 0 aliphatic heterocycles. The van der Waals surface area contributed by atoms with Gasteiger partial charge in [-0.25, -0.2) is 9.97 Å². The highest BCUT2D eigenvalue weighted by atomic mass is 19.4. The van der Waals surface area contributed by atoms with E-state index in [1.807, 2.05) is 26.8 Å². The van der Waals surface area contributed by atoms with Crippen LogP contribution in [0.15, 0.2) is 35.7 Å². The van der Waals surface area contributed by atoms with Crippen molar-refractivity contribution in [3.05, 3.63) is 46.9 Å². The van der Waals surface area contributed by atoms with Crippen LogP contribution in [0.1, 0.15) is 44.9 Å². The third kappa shape index (κ3) is 3.23. The van der Waals surface area contributed by atoms with Crippen molar-refractivity contribution in [1.82, 2.24) is 19.7 Å². The summed E-state index contributed by atoms with van der Waals surface area (Å²) in [5.41, 5.74) is 7.39. The second kappa shape index (κ2) is 6.59. The minimum absolute atomic E-state index is 0.00459. The Kier molecular flexibility index (Phi) is 4.60. The van der Waals surface area contributed by atoms with Gasteiger partial charge in [-0.1, -0.05) is 18.6 Å². The zero-order valence-corrected chi connectivity index (χ0v) is 14.8. The van der Waals surface area contributed by atoms with Crippen LogP contribution in [0.3, 0.4) is 0 Å². The van der Waals surface area contributed by atoms with Gasteiger partial charge in [0.2, 0.25) is 0 Å². The number of hydrogen-bond donors (Lipinski definition) is 1. The van der Waals surface area contributed by atoms with E-state index < -0.39 is 11.9 Å². The zero-order chi connectivity index (χ0) is 19.1. The smallest absolute Gasteiger partial charge is 0.383 e. The first-order chi connectivity index (χ1) is 12.2. The van der Waals surface area contributed by atoms with Crippen molar-refractivity contribution >= 4 is 11.4 Å². The summed E-state index contributed by atoms with van der Waals surface area (Å²) in [5.74, 6) is 0.0532. The number of alkyl halides is 3. The molecule has 5 nitrogen and oxygen atoms in total. The Morgan fingerprint density at radius 2 is 1.88 bits per heavy atom. The maximum Gasteiger partial charge on any atom is 0.435 e. The lowest BCUT2D eigenvalue weighted by Crippen LogP contribution is -2.12. The van der Waals surface area contributed by atoms with Crippen LogP contribution in [-0.2, 0) is 6.18 Å². The number of rotatable bonds is 2. The summed E-state index contributed by atoms with van der Waals surface area (Å²) in [6.45, 7) is 5.77. The van der Waals surface area contributed by atoms with E-state index in [1.54, 1.807) is 6.07 Å². The van der Waals surface area contributed by atoms with Crippen LogP contribution >= 0.6 is 0 Å². The Balaban J connectivity index is 2.30. The maximum absolute atomic E-state index is 13.7. The predicted octanol–water partition coefficient (Wildman–Crippen LogP) is 4.41. The van der Waals surface area contributed by atoms with Crippen LogP contribution in [0.4, 0.5) is 19.0 Å². The lowest BCUT2D eigenvalue weighted by Gasteiger charge is -2.23. The van der Waals surface area contributed by atoms with Crippen molar-refractivity contribution < 1.29 is 13.2 Å². The number of hydrogen-bond acceptors (Lipinski definition) is 4. The fourth-order valence-electron chi connectivity index (χ4n) is 3.18. The number of nitrogens with zero attached hydrogens (tertiary/aromatic N) is 4.